The molecule has 1 amide bonds. The number of aromatic nitrogens is 3. The van der Waals surface area contributed by atoms with E-state index in [-0.39, 0.29) is 11.5 Å². The number of aryl methyl sites for hydroxylation is 2. The molecule has 6 heteroatoms. The first-order valence-electron chi connectivity index (χ1n) is 9.29. The predicted molar refractivity (Wildman–Crippen MR) is 113 cm³/mol. The molecule has 2 aromatic carbocycles. The zero-order valence-electron chi connectivity index (χ0n) is 16.2. The second kappa shape index (κ2) is 7.67. The molecule has 0 fully saturated rings. The van der Waals surface area contributed by atoms with Crippen LogP contribution in [0.1, 0.15) is 27.3 Å². The summed E-state index contributed by atoms with van der Waals surface area (Å²) in [5.41, 5.74) is 3.66. The van der Waals surface area contributed by atoms with Crippen molar-refractivity contribution in [3.8, 4) is 0 Å². The summed E-state index contributed by atoms with van der Waals surface area (Å²) in [5.74, 6) is 0.368. The molecule has 6 nitrogen and oxygen atoms in total. The maximum absolute atomic E-state index is 13.1. The van der Waals surface area contributed by atoms with Gasteiger partial charge in [-0.05, 0) is 49.7 Å². The zero-order chi connectivity index (χ0) is 20.4. The monoisotopic (exact) mass is 384 g/mol. The molecule has 4 rings (SSSR count). The highest BCUT2D eigenvalue weighted by atomic mass is 16.1. The molecule has 0 atom stereocenters. The van der Waals surface area contributed by atoms with E-state index >= 15 is 0 Å². The van der Waals surface area contributed by atoms with E-state index in [0.717, 1.165) is 5.56 Å². The van der Waals surface area contributed by atoms with Crippen LogP contribution < -0.4 is 10.9 Å². The van der Waals surface area contributed by atoms with Crippen LogP contribution in [0.3, 0.4) is 0 Å². The van der Waals surface area contributed by atoms with Crippen LogP contribution in [0.2, 0.25) is 0 Å². The number of benzene rings is 2. The molecule has 1 N–H and O–H groups in total. The highest BCUT2D eigenvalue weighted by Crippen LogP contribution is 2.17. The quantitative estimate of drug-likeness (QED) is 0.582. The summed E-state index contributed by atoms with van der Waals surface area (Å²) < 4.78 is 1.65. The van der Waals surface area contributed by atoms with Gasteiger partial charge in [0.15, 0.2) is 0 Å². The fraction of sp³-hybridized carbons (Fsp3) is 0.130. The van der Waals surface area contributed by atoms with Gasteiger partial charge < -0.3 is 5.32 Å². The topological polar surface area (TPSA) is 76.9 Å². The van der Waals surface area contributed by atoms with Crippen LogP contribution in [0.4, 0.5) is 5.69 Å². The van der Waals surface area contributed by atoms with E-state index in [0.29, 0.717) is 34.5 Å². The molecule has 0 saturated heterocycles. The van der Waals surface area contributed by atoms with Crippen molar-refractivity contribution in [1.29, 1.82) is 0 Å². The summed E-state index contributed by atoms with van der Waals surface area (Å²) in [6.45, 7) is 4.30. The van der Waals surface area contributed by atoms with Gasteiger partial charge in [-0.2, -0.15) is 0 Å². The summed E-state index contributed by atoms with van der Waals surface area (Å²) >= 11 is 0. The third-order valence-electron chi connectivity index (χ3n) is 4.79. The first-order valence-corrected chi connectivity index (χ1v) is 9.29. The molecular weight excluding hydrogens is 364 g/mol. The Balaban J connectivity index is 1.69. The fourth-order valence-corrected chi connectivity index (χ4v) is 3.17. The molecule has 0 bridgehead atoms. The van der Waals surface area contributed by atoms with Crippen molar-refractivity contribution < 1.29 is 4.79 Å². The minimum atomic E-state index is -0.280. The molecule has 144 valence electrons. The molecule has 2 heterocycles. The Bertz CT molecular complexity index is 1250. The molecule has 0 aliphatic carbocycles. The maximum Gasteiger partial charge on any atom is 0.261 e. The third-order valence-corrected chi connectivity index (χ3v) is 4.79. The van der Waals surface area contributed by atoms with Crippen molar-refractivity contribution in [2.75, 3.05) is 5.32 Å². The molecule has 4 aromatic rings. The Morgan fingerprint density at radius 1 is 1.07 bits per heavy atom. The number of pyridine rings is 1. The van der Waals surface area contributed by atoms with Gasteiger partial charge in [0, 0.05) is 18.1 Å². The standard InChI is InChI=1S/C23H20N4O2/c1-15-5-7-17(8-6-15)14-27-16(2)25-21-10-9-19(12-20(21)23(27)29)26-22(28)18-4-3-11-24-13-18/h3-13H,14H2,1-2H3,(H,26,28). The van der Waals surface area contributed by atoms with E-state index in [9.17, 15) is 9.59 Å². The highest BCUT2D eigenvalue weighted by molar-refractivity contribution is 6.04. The maximum atomic E-state index is 13.1. The van der Waals surface area contributed by atoms with E-state index in [1.165, 1.54) is 11.8 Å². The molecule has 0 aliphatic rings. The number of rotatable bonds is 4. The number of hydrogen-bond donors (Lipinski definition) is 1. The number of anilines is 1. The lowest BCUT2D eigenvalue weighted by molar-refractivity contribution is 0.102. The Labute approximate surface area is 167 Å². The number of nitrogens with one attached hydrogen (secondary N) is 1. The molecule has 2 aromatic heterocycles. The normalized spacial score (nSPS) is 10.8. The van der Waals surface area contributed by atoms with Crippen molar-refractivity contribution in [3.63, 3.8) is 0 Å². The van der Waals surface area contributed by atoms with E-state index in [4.69, 9.17) is 0 Å². The lowest BCUT2D eigenvalue weighted by atomic mass is 10.1. The molecule has 0 radical (unpaired) electrons. The number of carbonyl (C=O) groups excluding carboxylic acids is 1. The van der Waals surface area contributed by atoms with Crippen molar-refractivity contribution in [2.24, 2.45) is 0 Å². The number of fused-ring (bicyclic) bond motifs is 1. The van der Waals surface area contributed by atoms with Gasteiger partial charge in [-0.3, -0.25) is 19.1 Å². The summed E-state index contributed by atoms with van der Waals surface area (Å²) in [7, 11) is 0. The van der Waals surface area contributed by atoms with Crippen LogP contribution in [0, 0.1) is 13.8 Å². The van der Waals surface area contributed by atoms with Crippen LogP contribution in [0.25, 0.3) is 10.9 Å². The van der Waals surface area contributed by atoms with Gasteiger partial charge in [-0.15, -0.1) is 0 Å². The van der Waals surface area contributed by atoms with Gasteiger partial charge in [0.2, 0.25) is 0 Å². The Morgan fingerprint density at radius 3 is 2.59 bits per heavy atom. The van der Waals surface area contributed by atoms with Crippen molar-refractivity contribution in [3.05, 3.63) is 99.9 Å². The first-order chi connectivity index (χ1) is 14.0. The first kappa shape index (κ1) is 18.6. The zero-order valence-corrected chi connectivity index (χ0v) is 16.2. The fourth-order valence-electron chi connectivity index (χ4n) is 3.17. The van der Waals surface area contributed by atoms with Crippen LogP contribution >= 0.6 is 0 Å². The third kappa shape index (κ3) is 3.91. The van der Waals surface area contributed by atoms with Crippen molar-refractivity contribution in [1.82, 2.24) is 14.5 Å². The summed E-state index contributed by atoms with van der Waals surface area (Å²) in [4.78, 5) is 34.0. The van der Waals surface area contributed by atoms with Gasteiger partial charge in [-0.1, -0.05) is 29.8 Å². The minimum Gasteiger partial charge on any atom is -0.322 e. The van der Waals surface area contributed by atoms with Gasteiger partial charge in [0.25, 0.3) is 11.5 Å². The van der Waals surface area contributed by atoms with Gasteiger partial charge >= 0.3 is 0 Å². The number of nitrogens with zero attached hydrogens (tertiary/aromatic N) is 3. The van der Waals surface area contributed by atoms with Crippen LogP contribution in [-0.2, 0) is 6.54 Å². The molecule has 29 heavy (non-hydrogen) atoms. The Morgan fingerprint density at radius 2 is 1.86 bits per heavy atom. The van der Waals surface area contributed by atoms with Crippen LogP contribution in [-0.4, -0.2) is 20.4 Å². The smallest absolute Gasteiger partial charge is 0.261 e. The highest BCUT2D eigenvalue weighted by Gasteiger charge is 2.11. The minimum absolute atomic E-state index is 0.134. The van der Waals surface area contributed by atoms with Gasteiger partial charge in [0.05, 0.1) is 23.0 Å². The van der Waals surface area contributed by atoms with E-state index in [1.54, 1.807) is 41.1 Å². The summed E-state index contributed by atoms with van der Waals surface area (Å²) in [6, 6.07) is 16.6. The lowest BCUT2D eigenvalue weighted by Crippen LogP contribution is -2.24. The van der Waals surface area contributed by atoms with Gasteiger partial charge in [-0.25, -0.2) is 4.98 Å². The lowest BCUT2D eigenvalue weighted by Gasteiger charge is -2.12. The number of hydrogen-bond acceptors (Lipinski definition) is 4. The number of carbonyl (C=O) groups is 1. The van der Waals surface area contributed by atoms with Crippen molar-refractivity contribution >= 4 is 22.5 Å². The summed E-state index contributed by atoms with van der Waals surface area (Å²) in [5, 5.41) is 3.28. The molecule has 0 aliphatic heterocycles. The summed E-state index contributed by atoms with van der Waals surface area (Å²) in [6.07, 6.45) is 3.10. The molecule has 0 unspecified atom stereocenters. The van der Waals surface area contributed by atoms with Crippen molar-refractivity contribution in [2.45, 2.75) is 20.4 Å². The molecular formula is C23H20N4O2. The molecule has 0 saturated carbocycles. The predicted octanol–water partition coefficient (Wildman–Crippen LogP) is 3.71. The second-order valence-corrected chi connectivity index (χ2v) is 6.96. The second-order valence-electron chi connectivity index (χ2n) is 6.96. The largest absolute Gasteiger partial charge is 0.322 e. The van der Waals surface area contributed by atoms with E-state index in [2.05, 4.69) is 15.3 Å². The average Bonchev–Trinajstić information content (AvgIpc) is 2.73. The SMILES string of the molecule is Cc1ccc(Cn2c(C)nc3ccc(NC(=O)c4cccnc4)cc3c2=O)cc1. The van der Waals surface area contributed by atoms with E-state index in [1.807, 2.05) is 38.1 Å². The average molecular weight is 384 g/mol. The van der Waals surface area contributed by atoms with Crippen LogP contribution in [0.5, 0.6) is 0 Å². The van der Waals surface area contributed by atoms with E-state index < -0.39 is 0 Å². The molecule has 0 spiro atoms. The van der Waals surface area contributed by atoms with Crippen LogP contribution in [0.15, 0.2) is 71.8 Å². The van der Waals surface area contributed by atoms with Gasteiger partial charge in [0.1, 0.15) is 5.82 Å². The Hall–Kier alpha value is -3.80. The Kier molecular flexibility index (Phi) is 4.91. The number of amides is 1.